The Balaban J connectivity index is 1.44. The number of hydrogen-bond acceptors (Lipinski definition) is 9. The maximum absolute atomic E-state index is 13.1. The van der Waals surface area contributed by atoms with E-state index in [1.165, 1.54) is 61.4 Å². The van der Waals surface area contributed by atoms with E-state index in [1.807, 2.05) is 0 Å². The predicted molar refractivity (Wildman–Crippen MR) is 152 cm³/mol. The number of anilines is 2. The predicted octanol–water partition coefficient (Wildman–Crippen LogP) is 4.72. The van der Waals surface area contributed by atoms with Crippen LogP contribution in [0.2, 0.25) is 0 Å². The lowest BCUT2D eigenvalue weighted by molar-refractivity contribution is -0.384. The summed E-state index contributed by atoms with van der Waals surface area (Å²) in [5.41, 5.74) is 1.77. The number of carbonyl (C=O) groups is 4. The van der Waals surface area contributed by atoms with E-state index in [4.69, 9.17) is 4.74 Å². The van der Waals surface area contributed by atoms with Gasteiger partial charge in [-0.05, 0) is 49.2 Å². The highest BCUT2D eigenvalue weighted by Gasteiger charge is 2.30. The maximum Gasteiger partial charge on any atom is 0.341 e. The first-order valence-corrected chi connectivity index (χ1v) is 13.9. The van der Waals surface area contributed by atoms with E-state index >= 15 is 0 Å². The number of ether oxygens (including phenoxy) is 1. The third-order valence-corrected chi connectivity index (χ3v) is 8.47. The van der Waals surface area contributed by atoms with Gasteiger partial charge in [0.1, 0.15) is 5.00 Å². The number of fused-ring (bicyclic) bond motifs is 1. The zero-order valence-corrected chi connectivity index (χ0v) is 23.5. The summed E-state index contributed by atoms with van der Waals surface area (Å²) in [6.45, 7) is 4.08. The number of methoxy groups -OCH3 is 1. The van der Waals surface area contributed by atoms with Crippen LogP contribution in [0.1, 0.15) is 45.0 Å². The summed E-state index contributed by atoms with van der Waals surface area (Å²) < 4.78 is 4.97. The molecule has 1 unspecified atom stereocenters. The quantitative estimate of drug-likeness (QED) is 0.168. The number of thioether (sulfide) groups is 1. The first-order chi connectivity index (χ1) is 19.1. The third-order valence-electron chi connectivity index (χ3n) is 6.24. The van der Waals surface area contributed by atoms with Gasteiger partial charge in [0.15, 0.2) is 0 Å². The standard InChI is InChI=1S/C27H26N4O7S2/c1-15(24(33)29-26-23(27(35)38-3)21-11-12-30(16(2)32)14-22(21)40-26)39-20-6-4-5-18(13-20)28-25(34)17-7-9-19(10-8-17)31(36)37/h4-10,13,15H,11-12,14H2,1-3H3,(H,28,34)(H,29,33). The van der Waals surface area contributed by atoms with Crippen molar-refractivity contribution >= 4 is 63.2 Å². The van der Waals surface area contributed by atoms with Crippen molar-refractivity contribution in [1.82, 2.24) is 4.90 Å². The van der Waals surface area contributed by atoms with Crippen LogP contribution < -0.4 is 10.6 Å². The Hall–Kier alpha value is -4.23. The summed E-state index contributed by atoms with van der Waals surface area (Å²) in [4.78, 5) is 63.7. The molecule has 0 fully saturated rings. The van der Waals surface area contributed by atoms with Crippen LogP contribution in [0, 0.1) is 10.1 Å². The normalized spacial score (nSPS) is 13.1. The molecule has 0 saturated carbocycles. The number of nitrogens with zero attached hydrogens (tertiary/aromatic N) is 2. The lowest BCUT2D eigenvalue weighted by Gasteiger charge is -2.25. The molecule has 1 aliphatic heterocycles. The number of non-ortho nitro benzene ring substituents is 1. The summed E-state index contributed by atoms with van der Waals surface area (Å²) in [6.07, 6.45) is 0.494. The topological polar surface area (TPSA) is 148 Å². The molecular weight excluding hydrogens is 556 g/mol. The fraction of sp³-hybridized carbons (Fsp3) is 0.259. The van der Waals surface area contributed by atoms with Gasteiger partial charge in [-0.15, -0.1) is 23.1 Å². The number of nitro benzene ring substituents is 1. The first-order valence-electron chi connectivity index (χ1n) is 12.2. The highest BCUT2D eigenvalue weighted by atomic mass is 32.2. The van der Waals surface area contributed by atoms with E-state index in [-0.39, 0.29) is 23.1 Å². The number of benzene rings is 2. The second kappa shape index (κ2) is 12.3. The molecule has 0 bridgehead atoms. The van der Waals surface area contributed by atoms with Crippen LogP contribution in [0.15, 0.2) is 53.4 Å². The van der Waals surface area contributed by atoms with Gasteiger partial charge < -0.3 is 20.3 Å². The monoisotopic (exact) mass is 582 g/mol. The number of nitro groups is 1. The number of carbonyl (C=O) groups excluding carboxylic acids is 4. The number of esters is 1. The molecule has 2 N–H and O–H groups in total. The fourth-order valence-electron chi connectivity index (χ4n) is 4.13. The van der Waals surface area contributed by atoms with Crippen molar-refractivity contribution in [2.24, 2.45) is 0 Å². The van der Waals surface area contributed by atoms with Crippen LogP contribution in [-0.4, -0.2) is 52.4 Å². The molecule has 11 nitrogen and oxygen atoms in total. The Labute approximate surface area is 238 Å². The number of thiophene rings is 1. The maximum atomic E-state index is 13.1. The van der Waals surface area contributed by atoms with Crippen molar-refractivity contribution in [3.63, 3.8) is 0 Å². The lowest BCUT2D eigenvalue weighted by Crippen LogP contribution is -2.33. The van der Waals surface area contributed by atoms with E-state index in [2.05, 4.69) is 10.6 Å². The van der Waals surface area contributed by atoms with Gasteiger partial charge in [-0.2, -0.15) is 0 Å². The van der Waals surface area contributed by atoms with E-state index in [1.54, 1.807) is 36.1 Å². The second-order valence-electron chi connectivity index (χ2n) is 8.93. The summed E-state index contributed by atoms with van der Waals surface area (Å²) >= 11 is 2.54. The summed E-state index contributed by atoms with van der Waals surface area (Å²) in [7, 11) is 1.29. The molecule has 4 rings (SSSR count). The molecule has 3 amide bonds. The number of amides is 3. The van der Waals surface area contributed by atoms with Gasteiger partial charge in [0.2, 0.25) is 11.8 Å². The lowest BCUT2D eigenvalue weighted by atomic mass is 10.0. The van der Waals surface area contributed by atoms with Crippen molar-refractivity contribution < 1.29 is 28.8 Å². The molecular formula is C27H26N4O7S2. The number of nitrogens with one attached hydrogen (secondary N) is 2. The van der Waals surface area contributed by atoms with Gasteiger partial charge in [0.25, 0.3) is 11.6 Å². The molecule has 2 aromatic carbocycles. The van der Waals surface area contributed by atoms with Crippen molar-refractivity contribution in [3.05, 3.63) is 80.2 Å². The van der Waals surface area contributed by atoms with Gasteiger partial charge in [0.05, 0.1) is 29.4 Å². The Morgan fingerprint density at radius 2 is 1.85 bits per heavy atom. The van der Waals surface area contributed by atoms with E-state index < -0.39 is 22.0 Å². The van der Waals surface area contributed by atoms with E-state index in [9.17, 15) is 29.3 Å². The minimum absolute atomic E-state index is 0.0551. The smallest absolute Gasteiger partial charge is 0.341 e. The van der Waals surface area contributed by atoms with Crippen molar-refractivity contribution in [2.75, 3.05) is 24.3 Å². The number of hydrogen-bond donors (Lipinski definition) is 2. The van der Waals surface area contributed by atoms with Gasteiger partial charge in [-0.25, -0.2) is 4.79 Å². The van der Waals surface area contributed by atoms with Gasteiger partial charge in [0, 0.05) is 46.6 Å². The first kappa shape index (κ1) is 28.8. The van der Waals surface area contributed by atoms with Crippen LogP contribution in [0.5, 0.6) is 0 Å². The SMILES string of the molecule is COC(=O)c1c(NC(=O)C(C)Sc2cccc(NC(=O)c3ccc([N+](=O)[O-])cc3)c2)sc2c1CCN(C(C)=O)C2. The largest absolute Gasteiger partial charge is 0.465 e. The fourth-order valence-corrected chi connectivity index (χ4v) is 6.32. The molecule has 1 aromatic heterocycles. The van der Waals surface area contributed by atoms with Gasteiger partial charge >= 0.3 is 5.97 Å². The third kappa shape index (κ3) is 6.49. The molecule has 40 heavy (non-hydrogen) atoms. The zero-order valence-electron chi connectivity index (χ0n) is 21.9. The van der Waals surface area contributed by atoms with Gasteiger partial charge in [-0.3, -0.25) is 24.5 Å². The van der Waals surface area contributed by atoms with Crippen LogP contribution >= 0.6 is 23.1 Å². The van der Waals surface area contributed by atoms with Crippen molar-refractivity contribution in [2.45, 2.75) is 37.0 Å². The molecule has 0 aliphatic carbocycles. The Morgan fingerprint density at radius 1 is 1.12 bits per heavy atom. The molecule has 0 spiro atoms. The highest BCUT2D eigenvalue weighted by molar-refractivity contribution is 8.00. The number of rotatable bonds is 8. The molecule has 1 atom stereocenters. The summed E-state index contributed by atoms with van der Waals surface area (Å²) in [5.74, 6) is -1.35. The average molecular weight is 583 g/mol. The summed E-state index contributed by atoms with van der Waals surface area (Å²) in [5, 5.41) is 16.3. The minimum atomic E-state index is -0.557. The Kier molecular flexibility index (Phi) is 8.85. The molecule has 13 heteroatoms. The average Bonchev–Trinajstić information content (AvgIpc) is 3.29. The Bertz CT molecular complexity index is 1490. The molecule has 0 saturated heterocycles. The van der Waals surface area contributed by atoms with Gasteiger partial charge in [-0.1, -0.05) is 6.07 Å². The van der Waals surface area contributed by atoms with Crippen LogP contribution in [0.4, 0.5) is 16.4 Å². The van der Waals surface area contributed by atoms with Crippen molar-refractivity contribution in [1.29, 1.82) is 0 Å². The minimum Gasteiger partial charge on any atom is -0.465 e. The molecule has 208 valence electrons. The van der Waals surface area contributed by atoms with Crippen LogP contribution in [0.3, 0.4) is 0 Å². The van der Waals surface area contributed by atoms with Crippen LogP contribution in [0.25, 0.3) is 0 Å². The van der Waals surface area contributed by atoms with Crippen molar-refractivity contribution in [3.8, 4) is 0 Å². The zero-order chi connectivity index (χ0) is 29.0. The van der Waals surface area contributed by atoms with Crippen LogP contribution in [-0.2, 0) is 27.3 Å². The second-order valence-corrected chi connectivity index (χ2v) is 11.4. The molecule has 1 aliphatic rings. The molecule has 2 heterocycles. The van der Waals surface area contributed by atoms with E-state index in [0.29, 0.717) is 35.8 Å². The Morgan fingerprint density at radius 3 is 2.50 bits per heavy atom. The highest BCUT2D eigenvalue weighted by Crippen LogP contribution is 2.38. The molecule has 3 aromatic rings. The summed E-state index contributed by atoms with van der Waals surface area (Å²) in [6, 6.07) is 12.2. The molecule has 0 radical (unpaired) electrons. The van der Waals surface area contributed by atoms with E-state index in [0.717, 1.165) is 15.3 Å².